The molecular formula is C35H46ClN3O8S2. The summed E-state index contributed by atoms with van der Waals surface area (Å²) in [4.78, 5) is 16.0. The van der Waals surface area contributed by atoms with Gasteiger partial charge in [-0.25, -0.2) is 16.8 Å². The molecule has 0 radical (unpaired) electrons. The molecule has 0 spiro atoms. The van der Waals surface area contributed by atoms with Crippen LogP contribution >= 0.6 is 11.6 Å². The van der Waals surface area contributed by atoms with Crippen LogP contribution in [0.5, 0.6) is 5.75 Å². The molecule has 0 fully saturated rings. The molecule has 0 unspecified atom stereocenters. The van der Waals surface area contributed by atoms with Crippen LogP contribution in [0.3, 0.4) is 0 Å². The number of carbonyl (C=O) groups is 1. The highest BCUT2D eigenvalue weighted by Gasteiger charge is 2.32. The standard InChI is InChI=1S/C35H46ClN3O8S2/c1-24-9-14-30(15-10-24)48(42,43)37-29-13-18-33-32(20-29)35(41)39(26(3)23-40)21-25(2)34(46-19-7-6-8-27(4)47-33)22-38(5)49(44,45)31-16-11-28(36)12-17-31/h9-18,20,25-27,34,37,40H,6-8,19,21-23H2,1-5H3/t25-,26+,27+,34-/m1/s1. The van der Waals surface area contributed by atoms with Gasteiger partial charge in [-0.1, -0.05) is 36.2 Å². The quantitative estimate of drug-likeness (QED) is 0.291. The lowest BCUT2D eigenvalue weighted by Gasteiger charge is -2.35. The van der Waals surface area contributed by atoms with Crippen LogP contribution in [-0.4, -0.2) is 88.7 Å². The first kappa shape index (κ1) is 38.6. The van der Waals surface area contributed by atoms with Gasteiger partial charge in [-0.15, -0.1) is 0 Å². The van der Waals surface area contributed by atoms with Crippen molar-refractivity contribution in [2.24, 2.45) is 5.92 Å². The van der Waals surface area contributed by atoms with Crippen molar-refractivity contribution < 1.29 is 36.2 Å². The number of aliphatic hydroxyl groups is 1. The average Bonchev–Trinajstić information content (AvgIpc) is 3.06. The Morgan fingerprint density at radius 1 is 1.00 bits per heavy atom. The number of carbonyl (C=O) groups excluding carboxylic acids is 1. The summed E-state index contributed by atoms with van der Waals surface area (Å²) in [7, 11) is -6.35. The first-order valence-corrected chi connectivity index (χ1v) is 19.6. The Morgan fingerprint density at radius 2 is 1.65 bits per heavy atom. The van der Waals surface area contributed by atoms with Crippen LogP contribution < -0.4 is 9.46 Å². The lowest BCUT2D eigenvalue weighted by atomic mass is 10.0. The van der Waals surface area contributed by atoms with Gasteiger partial charge in [0.1, 0.15) is 5.75 Å². The fourth-order valence-electron chi connectivity index (χ4n) is 5.52. The van der Waals surface area contributed by atoms with Gasteiger partial charge in [0.25, 0.3) is 15.9 Å². The fourth-order valence-corrected chi connectivity index (χ4v) is 7.88. The minimum atomic E-state index is -3.96. The molecule has 1 aliphatic heterocycles. The largest absolute Gasteiger partial charge is 0.490 e. The molecule has 0 saturated heterocycles. The number of rotatable bonds is 9. The van der Waals surface area contributed by atoms with Crippen LogP contribution in [0.1, 0.15) is 56.0 Å². The summed E-state index contributed by atoms with van der Waals surface area (Å²) in [5.41, 5.74) is 1.21. The van der Waals surface area contributed by atoms with Crippen LogP contribution in [0.25, 0.3) is 0 Å². The summed E-state index contributed by atoms with van der Waals surface area (Å²) in [5, 5.41) is 10.6. The second-order valence-electron chi connectivity index (χ2n) is 12.7. The third-order valence-corrected chi connectivity index (χ3v) is 12.1. The third-order valence-electron chi connectivity index (χ3n) is 8.59. The predicted octanol–water partition coefficient (Wildman–Crippen LogP) is 5.57. The number of benzene rings is 3. The van der Waals surface area contributed by atoms with Gasteiger partial charge in [-0.2, -0.15) is 4.31 Å². The van der Waals surface area contributed by atoms with Crippen molar-refractivity contribution in [1.29, 1.82) is 0 Å². The average molecular weight is 736 g/mol. The van der Waals surface area contributed by atoms with Crippen LogP contribution in [-0.2, 0) is 24.8 Å². The van der Waals surface area contributed by atoms with Gasteiger partial charge in [0, 0.05) is 43.4 Å². The molecule has 11 nitrogen and oxygen atoms in total. The van der Waals surface area contributed by atoms with E-state index < -0.39 is 38.1 Å². The number of fused-ring (bicyclic) bond motifs is 1. The maximum absolute atomic E-state index is 14.4. The van der Waals surface area contributed by atoms with Gasteiger partial charge < -0.3 is 19.5 Å². The van der Waals surface area contributed by atoms with Crippen LogP contribution in [0, 0.1) is 12.8 Å². The first-order valence-electron chi connectivity index (χ1n) is 16.3. The molecule has 4 atom stereocenters. The number of ether oxygens (including phenoxy) is 2. The van der Waals surface area contributed by atoms with E-state index in [9.17, 15) is 26.7 Å². The number of likely N-dealkylation sites (N-methyl/N-ethyl adjacent to an activating group) is 1. The Morgan fingerprint density at radius 3 is 2.31 bits per heavy atom. The van der Waals surface area contributed by atoms with Crippen LogP contribution in [0.4, 0.5) is 5.69 Å². The highest BCUT2D eigenvalue weighted by Crippen LogP contribution is 2.30. The number of nitrogens with zero attached hydrogens (tertiary/aromatic N) is 2. The summed E-state index contributed by atoms with van der Waals surface area (Å²) in [5.74, 6) is -0.572. The monoisotopic (exact) mass is 735 g/mol. The normalized spacial score (nSPS) is 20.6. The summed E-state index contributed by atoms with van der Waals surface area (Å²) in [6, 6.07) is 16.3. The van der Waals surface area contributed by atoms with Gasteiger partial charge in [-0.3, -0.25) is 9.52 Å². The van der Waals surface area contributed by atoms with E-state index in [-0.39, 0.29) is 58.5 Å². The third kappa shape index (κ3) is 9.95. The zero-order chi connectivity index (χ0) is 35.9. The maximum Gasteiger partial charge on any atom is 0.261 e. The van der Waals surface area contributed by atoms with Crippen LogP contribution in [0.15, 0.2) is 76.5 Å². The van der Waals surface area contributed by atoms with Gasteiger partial charge in [0.15, 0.2) is 0 Å². The Kier molecular flexibility index (Phi) is 13.1. The van der Waals surface area contributed by atoms with Gasteiger partial charge in [0.05, 0.1) is 40.2 Å². The van der Waals surface area contributed by atoms with E-state index in [4.69, 9.17) is 21.1 Å². The Balaban J connectivity index is 1.67. The van der Waals surface area contributed by atoms with E-state index in [1.807, 2.05) is 20.8 Å². The summed E-state index contributed by atoms with van der Waals surface area (Å²) >= 11 is 5.98. The molecule has 1 amide bonds. The molecule has 0 saturated carbocycles. The number of hydrogen-bond acceptors (Lipinski definition) is 8. The van der Waals surface area contributed by atoms with Crippen molar-refractivity contribution in [3.05, 3.63) is 82.9 Å². The molecule has 2 N–H and O–H groups in total. The molecule has 3 aromatic carbocycles. The molecule has 0 bridgehead atoms. The number of aliphatic hydroxyl groups excluding tert-OH is 1. The number of nitrogens with one attached hydrogen (secondary N) is 1. The van der Waals surface area contributed by atoms with Crippen molar-refractivity contribution in [2.45, 2.75) is 75.0 Å². The van der Waals surface area contributed by atoms with E-state index in [2.05, 4.69) is 4.72 Å². The molecule has 14 heteroatoms. The molecule has 3 aromatic rings. The molecule has 1 heterocycles. The van der Waals surface area contributed by atoms with E-state index in [1.165, 1.54) is 58.7 Å². The minimum Gasteiger partial charge on any atom is -0.490 e. The summed E-state index contributed by atoms with van der Waals surface area (Å²) < 4.78 is 69.6. The van der Waals surface area contributed by atoms with Gasteiger partial charge >= 0.3 is 0 Å². The molecule has 49 heavy (non-hydrogen) atoms. The fraction of sp³-hybridized carbons (Fsp3) is 0.457. The second kappa shape index (κ2) is 16.7. The Hall–Kier alpha value is -3.20. The number of anilines is 1. The molecule has 1 aliphatic rings. The van der Waals surface area contributed by atoms with E-state index >= 15 is 0 Å². The lowest BCUT2D eigenvalue weighted by molar-refractivity contribution is -0.00833. The molecular weight excluding hydrogens is 690 g/mol. The molecule has 268 valence electrons. The predicted molar refractivity (Wildman–Crippen MR) is 190 cm³/mol. The van der Waals surface area contributed by atoms with Gasteiger partial charge in [0.2, 0.25) is 10.0 Å². The minimum absolute atomic E-state index is 0.0166. The van der Waals surface area contributed by atoms with E-state index in [0.717, 1.165) is 12.0 Å². The maximum atomic E-state index is 14.4. The van der Waals surface area contributed by atoms with Crippen molar-refractivity contribution >= 4 is 43.2 Å². The Labute approximate surface area is 295 Å². The topological polar surface area (TPSA) is 143 Å². The van der Waals surface area contributed by atoms with Crippen molar-refractivity contribution in [3.8, 4) is 5.75 Å². The number of aryl methyl sites for hydroxylation is 1. The zero-order valence-corrected chi connectivity index (χ0v) is 30.9. The number of sulfonamides is 2. The van der Waals surface area contributed by atoms with E-state index in [1.54, 1.807) is 31.2 Å². The van der Waals surface area contributed by atoms with Crippen LogP contribution in [0.2, 0.25) is 5.02 Å². The highest BCUT2D eigenvalue weighted by atomic mass is 35.5. The van der Waals surface area contributed by atoms with Gasteiger partial charge in [-0.05, 0) is 94.6 Å². The second-order valence-corrected chi connectivity index (χ2v) is 16.8. The van der Waals surface area contributed by atoms with Crippen molar-refractivity contribution in [3.63, 3.8) is 0 Å². The number of hydrogen-bond donors (Lipinski definition) is 2. The molecule has 0 aliphatic carbocycles. The zero-order valence-electron chi connectivity index (χ0n) is 28.5. The number of halogens is 1. The van der Waals surface area contributed by atoms with Crippen molar-refractivity contribution in [2.75, 3.05) is 38.1 Å². The highest BCUT2D eigenvalue weighted by molar-refractivity contribution is 7.92. The van der Waals surface area contributed by atoms with Crippen molar-refractivity contribution in [1.82, 2.24) is 9.21 Å². The smallest absolute Gasteiger partial charge is 0.261 e. The molecule has 0 aromatic heterocycles. The SMILES string of the molecule is Cc1ccc(S(=O)(=O)Nc2ccc3c(c2)C(=O)N([C@@H](C)CO)C[C@@H](C)[C@@H](CN(C)S(=O)(=O)c2ccc(Cl)cc2)OCCCC[C@H](C)O3)cc1. The van der Waals surface area contributed by atoms with E-state index in [0.29, 0.717) is 24.5 Å². The summed E-state index contributed by atoms with van der Waals surface area (Å²) in [6.45, 7) is 7.48. The molecule has 4 rings (SSSR count). The first-order chi connectivity index (χ1) is 23.1. The Bertz CT molecular complexity index is 1790. The summed E-state index contributed by atoms with van der Waals surface area (Å²) in [6.07, 6.45) is 1.23. The number of amides is 1. The lowest BCUT2D eigenvalue weighted by Crippen LogP contribution is -2.48.